The van der Waals surface area contributed by atoms with E-state index in [4.69, 9.17) is 9.15 Å². The molecule has 3 heteroatoms. The van der Waals surface area contributed by atoms with Crippen LogP contribution in [0, 0.1) is 6.92 Å². The lowest BCUT2D eigenvalue weighted by atomic mass is 10.1. The zero-order valence-corrected chi connectivity index (χ0v) is 12.5. The molecule has 0 aliphatic heterocycles. The average Bonchev–Trinajstić information content (AvgIpc) is 2.96. The summed E-state index contributed by atoms with van der Waals surface area (Å²) in [4.78, 5) is 12.2. The minimum atomic E-state index is -0.148. The maximum absolute atomic E-state index is 12.2. The molecule has 22 heavy (non-hydrogen) atoms. The van der Waals surface area contributed by atoms with Gasteiger partial charge in [0.25, 0.3) is 0 Å². The van der Waals surface area contributed by atoms with Gasteiger partial charge in [-0.05, 0) is 48.4 Å². The van der Waals surface area contributed by atoms with Crippen molar-refractivity contribution >= 4 is 22.8 Å². The Morgan fingerprint density at radius 1 is 1.09 bits per heavy atom. The Kier molecular flexibility index (Phi) is 3.79. The lowest BCUT2D eigenvalue weighted by Crippen LogP contribution is -1.90. The summed E-state index contributed by atoms with van der Waals surface area (Å²) in [6, 6.07) is 15.2. The van der Waals surface area contributed by atoms with E-state index in [0.717, 1.165) is 27.8 Å². The number of ketones is 1. The van der Waals surface area contributed by atoms with Crippen LogP contribution in [0.3, 0.4) is 0 Å². The first-order valence-electron chi connectivity index (χ1n) is 7.02. The lowest BCUT2D eigenvalue weighted by molar-refractivity contribution is 0.102. The zero-order valence-electron chi connectivity index (χ0n) is 12.5. The summed E-state index contributed by atoms with van der Waals surface area (Å²) >= 11 is 0. The van der Waals surface area contributed by atoms with Gasteiger partial charge < -0.3 is 9.15 Å². The van der Waals surface area contributed by atoms with Crippen LogP contribution >= 0.6 is 0 Å². The fraction of sp³-hybridized carbons (Fsp3) is 0.105. The van der Waals surface area contributed by atoms with Crippen molar-refractivity contribution < 1.29 is 13.9 Å². The smallest absolute Gasteiger partial charge is 0.221 e. The van der Waals surface area contributed by atoms with E-state index in [2.05, 4.69) is 0 Å². The molecule has 0 N–H and O–H groups in total. The summed E-state index contributed by atoms with van der Waals surface area (Å²) in [5.41, 5.74) is 2.77. The molecule has 0 saturated heterocycles. The molecule has 0 aliphatic rings. The van der Waals surface area contributed by atoms with Gasteiger partial charge in [0.15, 0.2) is 5.76 Å². The van der Waals surface area contributed by atoms with Crippen molar-refractivity contribution in [3.8, 4) is 5.75 Å². The maximum atomic E-state index is 12.2. The first kappa shape index (κ1) is 14.1. The highest BCUT2D eigenvalue weighted by atomic mass is 16.5. The van der Waals surface area contributed by atoms with Crippen molar-refractivity contribution in [1.82, 2.24) is 0 Å². The van der Waals surface area contributed by atoms with E-state index < -0.39 is 0 Å². The molecule has 0 saturated carbocycles. The van der Waals surface area contributed by atoms with E-state index in [1.54, 1.807) is 19.3 Å². The number of hydrogen-bond acceptors (Lipinski definition) is 3. The minimum Gasteiger partial charge on any atom is -0.497 e. The number of methoxy groups -OCH3 is 1. The van der Waals surface area contributed by atoms with Gasteiger partial charge >= 0.3 is 0 Å². The van der Waals surface area contributed by atoms with E-state index in [1.165, 1.54) is 6.08 Å². The number of furan rings is 1. The van der Waals surface area contributed by atoms with Gasteiger partial charge in [0.05, 0.1) is 7.11 Å². The van der Waals surface area contributed by atoms with Gasteiger partial charge in [0, 0.05) is 5.39 Å². The van der Waals surface area contributed by atoms with Crippen LogP contribution in [0.25, 0.3) is 17.0 Å². The van der Waals surface area contributed by atoms with E-state index in [-0.39, 0.29) is 5.78 Å². The first-order chi connectivity index (χ1) is 10.7. The number of carbonyl (C=O) groups excluding carboxylic acids is 1. The molecule has 1 heterocycles. The summed E-state index contributed by atoms with van der Waals surface area (Å²) in [5.74, 6) is 0.992. The van der Waals surface area contributed by atoms with Crippen LogP contribution in [0.2, 0.25) is 0 Å². The Morgan fingerprint density at radius 2 is 1.86 bits per heavy atom. The van der Waals surface area contributed by atoms with Crippen molar-refractivity contribution in [3.63, 3.8) is 0 Å². The zero-order chi connectivity index (χ0) is 15.5. The standard InChI is InChI=1S/C19H16O3/c1-13-3-7-15-12-19(22-18(15)11-13)17(20)10-6-14-4-8-16(21-2)9-5-14/h3-12H,1-2H3. The number of fused-ring (bicyclic) bond motifs is 1. The third kappa shape index (κ3) is 2.93. The minimum absolute atomic E-state index is 0.148. The molecule has 0 aliphatic carbocycles. The van der Waals surface area contributed by atoms with Crippen LogP contribution < -0.4 is 4.74 Å². The third-order valence-corrected chi connectivity index (χ3v) is 3.46. The van der Waals surface area contributed by atoms with E-state index in [0.29, 0.717) is 5.76 Å². The fourth-order valence-corrected chi connectivity index (χ4v) is 2.23. The molecule has 3 aromatic rings. The van der Waals surface area contributed by atoms with Crippen LogP contribution in [0.1, 0.15) is 21.7 Å². The second-order valence-electron chi connectivity index (χ2n) is 5.12. The Morgan fingerprint density at radius 3 is 2.59 bits per heavy atom. The van der Waals surface area contributed by atoms with Crippen LogP contribution in [0.15, 0.2) is 59.0 Å². The molecule has 3 rings (SSSR count). The van der Waals surface area contributed by atoms with E-state index in [9.17, 15) is 4.79 Å². The summed E-state index contributed by atoms with van der Waals surface area (Å²) in [6.45, 7) is 1.99. The molecule has 0 amide bonds. The number of ether oxygens (including phenoxy) is 1. The van der Waals surface area contributed by atoms with Gasteiger partial charge in [-0.1, -0.05) is 30.3 Å². The van der Waals surface area contributed by atoms with Gasteiger partial charge in [0.2, 0.25) is 5.78 Å². The molecule has 2 aromatic carbocycles. The third-order valence-electron chi connectivity index (χ3n) is 3.46. The number of aryl methyl sites for hydroxylation is 1. The Balaban J connectivity index is 1.81. The monoisotopic (exact) mass is 292 g/mol. The largest absolute Gasteiger partial charge is 0.497 e. The SMILES string of the molecule is COc1ccc(C=CC(=O)c2cc3ccc(C)cc3o2)cc1. The van der Waals surface area contributed by atoms with Crippen LogP contribution in [-0.2, 0) is 0 Å². The number of allylic oxidation sites excluding steroid dienone is 1. The number of hydrogen-bond donors (Lipinski definition) is 0. The number of rotatable bonds is 4. The van der Waals surface area contributed by atoms with Gasteiger partial charge in [-0.15, -0.1) is 0 Å². The summed E-state index contributed by atoms with van der Waals surface area (Å²) in [6.07, 6.45) is 3.28. The lowest BCUT2D eigenvalue weighted by Gasteiger charge is -1.98. The molecule has 0 unspecified atom stereocenters. The molecule has 0 spiro atoms. The average molecular weight is 292 g/mol. The fourth-order valence-electron chi connectivity index (χ4n) is 2.23. The molecular formula is C19H16O3. The quantitative estimate of drug-likeness (QED) is 0.519. The van der Waals surface area contributed by atoms with E-state index >= 15 is 0 Å². The molecule has 3 nitrogen and oxygen atoms in total. The highest BCUT2D eigenvalue weighted by Gasteiger charge is 2.09. The molecule has 0 bridgehead atoms. The molecule has 0 radical (unpaired) electrons. The van der Waals surface area contributed by atoms with Gasteiger partial charge in [-0.2, -0.15) is 0 Å². The van der Waals surface area contributed by atoms with Crippen LogP contribution in [0.4, 0.5) is 0 Å². The highest BCUT2D eigenvalue weighted by molar-refractivity contribution is 6.07. The van der Waals surface area contributed by atoms with Crippen molar-refractivity contribution in [1.29, 1.82) is 0 Å². The molecule has 110 valence electrons. The second kappa shape index (κ2) is 5.90. The van der Waals surface area contributed by atoms with Crippen molar-refractivity contribution in [2.45, 2.75) is 6.92 Å². The second-order valence-corrected chi connectivity index (χ2v) is 5.12. The van der Waals surface area contributed by atoms with Crippen molar-refractivity contribution in [2.75, 3.05) is 7.11 Å². The maximum Gasteiger partial charge on any atom is 0.221 e. The Bertz CT molecular complexity index is 839. The molecular weight excluding hydrogens is 276 g/mol. The number of carbonyl (C=O) groups is 1. The molecule has 1 aromatic heterocycles. The van der Waals surface area contributed by atoms with Crippen molar-refractivity contribution in [2.24, 2.45) is 0 Å². The normalized spacial score (nSPS) is 11.2. The highest BCUT2D eigenvalue weighted by Crippen LogP contribution is 2.21. The Hall–Kier alpha value is -2.81. The predicted octanol–water partition coefficient (Wildman–Crippen LogP) is 4.65. The number of benzene rings is 2. The van der Waals surface area contributed by atoms with E-state index in [1.807, 2.05) is 49.4 Å². The first-order valence-corrected chi connectivity index (χ1v) is 7.02. The van der Waals surface area contributed by atoms with Gasteiger partial charge in [-0.25, -0.2) is 0 Å². The summed E-state index contributed by atoms with van der Waals surface area (Å²) in [7, 11) is 1.62. The van der Waals surface area contributed by atoms with Crippen LogP contribution in [0.5, 0.6) is 5.75 Å². The van der Waals surface area contributed by atoms with Gasteiger partial charge in [0.1, 0.15) is 11.3 Å². The van der Waals surface area contributed by atoms with Crippen LogP contribution in [-0.4, -0.2) is 12.9 Å². The summed E-state index contributed by atoms with van der Waals surface area (Å²) in [5, 5.41) is 0.937. The molecule has 0 fully saturated rings. The van der Waals surface area contributed by atoms with Gasteiger partial charge in [-0.3, -0.25) is 4.79 Å². The topological polar surface area (TPSA) is 39.4 Å². The van der Waals surface area contributed by atoms with Crippen molar-refractivity contribution in [3.05, 3.63) is 71.5 Å². The summed E-state index contributed by atoms with van der Waals surface area (Å²) < 4.78 is 10.7. The predicted molar refractivity (Wildman–Crippen MR) is 87.3 cm³/mol. The Labute approximate surface area is 128 Å². The molecule has 0 atom stereocenters.